The minimum atomic E-state index is 0.671. The van der Waals surface area contributed by atoms with E-state index in [9.17, 15) is 0 Å². The Morgan fingerprint density at radius 3 is 2.65 bits per heavy atom. The second kappa shape index (κ2) is 3.29. The highest BCUT2D eigenvalue weighted by Crippen LogP contribution is 2.42. The normalized spacial score (nSPS) is 11.9. The van der Waals surface area contributed by atoms with Gasteiger partial charge in [-0.05, 0) is 36.2 Å². The Morgan fingerprint density at radius 2 is 1.88 bits per heavy atom. The van der Waals surface area contributed by atoms with E-state index in [-0.39, 0.29) is 0 Å². The van der Waals surface area contributed by atoms with Crippen LogP contribution in [0.1, 0.15) is 22.5 Å². The van der Waals surface area contributed by atoms with Crippen LogP contribution < -0.4 is 0 Å². The van der Waals surface area contributed by atoms with E-state index in [0.29, 0.717) is 5.56 Å². The molecule has 1 heterocycles. The fraction of sp³-hybridized carbons (Fsp3) is 0.0667. The first-order valence-corrected chi connectivity index (χ1v) is 5.42. The molecular formula is C15H10N2. The molecule has 2 aromatic rings. The van der Waals surface area contributed by atoms with Gasteiger partial charge in [0.1, 0.15) is 0 Å². The first-order chi connectivity index (χ1) is 8.20. The summed E-state index contributed by atoms with van der Waals surface area (Å²) in [4.78, 5) is 4.52. The van der Waals surface area contributed by atoms with Crippen LogP contribution in [0.15, 0.2) is 36.9 Å². The van der Waals surface area contributed by atoms with Crippen LogP contribution in [0, 0.1) is 18.3 Å². The molecule has 1 aliphatic rings. The summed E-state index contributed by atoms with van der Waals surface area (Å²) in [5, 5.41) is 8.94. The molecule has 0 amide bonds. The second-order valence-corrected chi connectivity index (χ2v) is 4.20. The van der Waals surface area contributed by atoms with Gasteiger partial charge < -0.3 is 0 Å². The lowest BCUT2D eigenvalue weighted by Crippen LogP contribution is -1.87. The summed E-state index contributed by atoms with van der Waals surface area (Å²) in [6.07, 6.45) is 0. The van der Waals surface area contributed by atoms with Crippen molar-refractivity contribution in [2.75, 3.05) is 0 Å². The number of benzene rings is 1. The quantitative estimate of drug-likeness (QED) is 0.580. The number of pyridine rings is 1. The fourth-order valence-electron chi connectivity index (χ4n) is 2.23. The lowest BCUT2D eigenvalue weighted by atomic mass is 10.0. The summed E-state index contributed by atoms with van der Waals surface area (Å²) in [6.45, 7) is 6.06. The number of hydrogen-bond donors (Lipinski definition) is 0. The van der Waals surface area contributed by atoms with Crippen molar-refractivity contribution in [3.63, 3.8) is 0 Å². The SMILES string of the molecule is C=C1c2ccc(C#N)cc2-c2ccc(C)nc21. The van der Waals surface area contributed by atoms with E-state index in [0.717, 1.165) is 33.7 Å². The van der Waals surface area contributed by atoms with E-state index in [1.165, 1.54) is 0 Å². The molecule has 1 aromatic carbocycles. The molecule has 0 fully saturated rings. The van der Waals surface area contributed by atoms with Crippen molar-refractivity contribution in [3.8, 4) is 17.2 Å². The van der Waals surface area contributed by atoms with Crippen LogP contribution in [0.5, 0.6) is 0 Å². The summed E-state index contributed by atoms with van der Waals surface area (Å²) < 4.78 is 0. The Hall–Kier alpha value is -2.40. The number of nitriles is 1. The Labute approximate surface area is 99.9 Å². The van der Waals surface area contributed by atoms with Gasteiger partial charge in [-0.15, -0.1) is 0 Å². The molecule has 0 saturated carbocycles. The lowest BCUT2D eigenvalue weighted by Gasteiger charge is -2.00. The van der Waals surface area contributed by atoms with E-state index in [1.807, 2.05) is 31.2 Å². The van der Waals surface area contributed by atoms with E-state index >= 15 is 0 Å². The van der Waals surface area contributed by atoms with Crippen molar-refractivity contribution in [2.24, 2.45) is 0 Å². The third-order valence-corrected chi connectivity index (χ3v) is 3.08. The molecule has 17 heavy (non-hydrogen) atoms. The van der Waals surface area contributed by atoms with Gasteiger partial charge in [0.2, 0.25) is 0 Å². The minimum absolute atomic E-state index is 0.671. The first-order valence-electron chi connectivity index (χ1n) is 5.42. The highest BCUT2D eigenvalue weighted by atomic mass is 14.7. The van der Waals surface area contributed by atoms with Gasteiger partial charge in [0.05, 0.1) is 17.3 Å². The zero-order valence-corrected chi connectivity index (χ0v) is 9.49. The molecule has 3 rings (SSSR count). The number of aromatic nitrogens is 1. The first kappa shape index (κ1) is 9.80. The molecule has 0 aliphatic heterocycles. The molecule has 80 valence electrons. The minimum Gasteiger partial charge on any atom is -0.252 e. The maximum atomic E-state index is 8.94. The third-order valence-electron chi connectivity index (χ3n) is 3.08. The van der Waals surface area contributed by atoms with Crippen LogP contribution in [0.3, 0.4) is 0 Å². The molecular weight excluding hydrogens is 208 g/mol. The zero-order valence-electron chi connectivity index (χ0n) is 9.49. The molecule has 0 atom stereocenters. The molecule has 1 aliphatic carbocycles. The van der Waals surface area contributed by atoms with Crippen LogP contribution in [-0.2, 0) is 0 Å². The van der Waals surface area contributed by atoms with Gasteiger partial charge in [-0.25, -0.2) is 0 Å². The summed E-state index contributed by atoms with van der Waals surface area (Å²) in [7, 11) is 0. The largest absolute Gasteiger partial charge is 0.252 e. The second-order valence-electron chi connectivity index (χ2n) is 4.20. The number of nitrogens with zero attached hydrogens (tertiary/aromatic N) is 2. The monoisotopic (exact) mass is 218 g/mol. The van der Waals surface area contributed by atoms with E-state index in [1.54, 1.807) is 0 Å². The van der Waals surface area contributed by atoms with Gasteiger partial charge in [-0.1, -0.05) is 18.7 Å². The molecule has 1 aromatic heterocycles. The smallest absolute Gasteiger partial charge is 0.0991 e. The van der Waals surface area contributed by atoms with E-state index in [2.05, 4.69) is 23.7 Å². The summed E-state index contributed by atoms with van der Waals surface area (Å²) in [5.74, 6) is 0. The predicted molar refractivity (Wildman–Crippen MR) is 67.3 cm³/mol. The fourth-order valence-corrected chi connectivity index (χ4v) is 2.23. The average Bonchev–Trinajstić information content (AvgIpc) is 2.62. The zero-order chi connectivity index (χ0) is 12.0. The summed E-state index contributed by atoms with van der Waals surface area (Å²) >= 11 is 0. The standard InChI is InChI=1S/C15H10N2/c1-9-3-5-13-14-7-11(8-16)4-6-12(14)10(2)15(13)17-9/h3-7H,2H2,1H3. The molecule has 0 N–H and O–H groups in total. The topological polar surface area (TPSA) is 36.7 Å². The Kier molecular flexibility index (Phi) is 1.90. The molecule has 0 bridgehead atoms. The van der Waals surface area contributed by atoms with Crippen molar-refractivity contribution in [3.05, 3.63) is 59.4 Å². The molecule has 0 unspecified atom stereocenters. The maximum Gasteiger partial charge on any atom is 0.0991 e. The van der Waals surface area contributed by atoms with Gasteiger partial charge in [0, 0.05) is 16.8 Å². The summed E-state index contributed by atoms with van der Waals surface area (Å²) in [5.41, 5.74) is 6.77. The number of fused-ring (bicyclic) bond motifs is 3. The van der Waals surface area contributed by atoms with E-state index < -0.39 is 0 Å². The lowest BCUT2D eigenvalue weighted by molar-refractivity contribution is 1.18. The van der Waals surface area contributed by atoms with Crippen molar-refractivity contribution in [1.82, 2.24) is 4.98 Å². The van der Waals surface area contributed by atoms with Gasteiger partial charge in [0.15, 0.2) is 0 Å². The van der Waals surface area contributed by atoms with Crippen molar-refractivity contribution in [2.45, 2.75) is 6.92 Å². The Bertz CT molecular complexity index is 691. The van der Waals surface area contributed by atoms with Crippen LogP contribution >= 0.6 is 0 Å². The predicted octanol–water partition coefficient (Wildman–Crippen LogP) is 3.30. The van der Waals surface area contributed by atoms with Crippen LogP contribution in [0.2, 0.25) is 0 Å². The highest BCUT2D eigenvalue weighted by Gasteiger charge is 2.23. The molecule has 0 radical (unpaired) electrons. The molecule has 0 saturated heterocycles. The highest BCUT2D eigenvalue weighted by molar-refractivity contribution is 5.99. The van der Waals surface area contributed by atoms with Gasteiger partial charge in [-0.2, -0.15) is 5.26 Å². The number of aryl methyl sites for hydroxylation is 1. The number of hydrogen-bond acceptors (Lipinski definition) is 2. The van der Waals surface area contributed by atoms with Crippen LogP contribution in [0.4, 0.5) is 0 Å². The van der Waals surface area contributed by atoms with Crippen LogP contribution in [0.25, 0.3) is 16.7 Å². The average molecular weight is 218 g/mol. The Morgan fingerprint density at radius 1 is 1.12 bits per heavy atom. The van der Waals surface area contributed by atoms with Crippen molar-refractivity contribution in [1.29, 1.82) is 5.26 Å². The van der Waals surface area contributed by atoms with Crippen LogP contribution in [-0.4, -0.2) is 4.98 Å². The third kappa shape index (κ3) is 1.29. The molecule has 2 heteroatoms. The summed E-state index contributed by atoms with van der Waals surface area (Å²) in [6, 6.07) is 11.9. The van der Waals surface area contributed by atoms with Crippen molar-refractivity contribution >= 4 is 5.57 Å². The van der Waals surface area contributed by atoms with Gasteiger partial charge >= 0.3 is 0 Å². The van der Waals surface area contributed by atoms with E-state index in [4.69, 9.17) is 5.26 Å². The number of rotatable bonds is 0. The molecule has 0 spiro atoms. The maximum absolute atomic E-state index is 8.94. The Balaban J connectivity index is 2.34. The van der Waals surface area contributed by atoms with Crippen molar-refractivity contribution < 1.29 is 0 Å². The van der Waals surface area contributed by atoms with Gasteiger partial charge in [-0.3, -0.25) is 4.98 Å². The van der Waals surface area contributed by atoms with Gasteiger partial charge in [0.25, 0.3) is 0 Å². The molecule has 2 nitrogen and oxygen atoms in total.